The summed E-state index contributed by atoms with van der Waals surface area (Å²) in [6, 6.07) is 21.5. The average molecular weight is 532 g/mol. The topological polar surface area (TPSA) is 160 Å². The summed E-state index contributed by atoms with van der Waals surface area (Å²) in [5, 5.41) is 18.8. The molecule has 0 radical (unpaired) electrons. The number of aliphatic hydroxyl groups excluding tert-OH is 1. The van der Waals surface area contributed by atoms with Crippen LogP contribution in [0.15, 0.2) is 78.9 Å². The number of carbonyl (C=O) groups is 3. The van der Waals surface area contributed by atoms with Crippen molar-refractivity contribution in [3.8, 4) is 0 Å². The summed E-state index contributed by atoms with van der Waals surface area (Å²) in [5.74, 6) is -1.24. The molecule has 9 heteroatoms. The third-order valence-corrected chi connectivity index (χ3v) is 6.22. The van der Waals surface area contributed by atoms with E-state index in [0.717, 1.165) is 11.1 Å². The van der Waals surface area contributed by atoms with Gasteiger partial charge in [0.25, 0.3) is 11.8 Å². The van der Waals surface area contributed by atoms with E-state index in [9.17, 15) is 19.5 Å². The van der Waals surface area contributed by atoms with Gasteiger partial charge in [0.15, 0.2) is 0 Å². The normalized spacial score (nSPS) is 13.3. The molecule has 3 rings (SSSR count). The Hall–Kier alpha value is -4.21. The zero-order valence-electron chi connectivity index (χ0n) is 22.3. The van der Waals surface area contributed by atoms with Crippen LogP contribution in [0, 0.1) is 5.92 Å². The highest BCUT2D eigenvalue weighted by Gasteiger charge is 2.28. The number of hydrogen-bond donors (Lipinski definition) is 6. The van der Waals surface area contributed by atoms with Gasteiger partial charge in [-0.05, 0) is 54.2 Å². The van der Waals surface area contributed by atoms with Gasteiger partial charge in [-0.15, -0.1) is 0 Å². The Morgan fingerprint density at radius 2 is 1.49 bits per heavy atom. The molecule has 0 spiro atoms. The standard InChI is InChI=1S/C30H37N5O4/c1-19(2)16-26(35-30(39)27(36)24(32)17-20-8-4-3-5-9-20)29(38)33-18-21-12-14-22(15-13-21)28(37)34-25-11-7-6-10-23(25)31/h3-15,19,24,26-27,36H,16-18,31-32H2,1-2H3,(H,33,38)(H,34,37)(H,35,39)/t24-,26+,27+/m1/s1. The van der Waals surface area contributed by atoms with Crippen LogP contribution in [-0.4, -0.2) is 41.0 Å². The van der Waals surface area contributed by atoms with Crippen LogP contribution in [0.4, 0.5) is 11.4 Å². The van der Waals surface area contributed by atoms with Crippen molar-refractivity contribution in [3.05, 3.63) is 95.6 Å². The first-order valence-corrected chi connectivity index (χ1v) is 12.9. The zero-order valence-corrected chi connectivity index (χ0v) is 22.3. The Balaban J connectivity index is 1.55. The Bertz CT molecular complexity index is 1250. The van der Waals surface area contributed by atoms with E-state index in [1.165, 1.54) is 0 Å². The maximum atomic E-state index is 13.0. The number of para-hydroxylation sites is 2. The van der Waals surface area contributed by atoms with Crippen molar-refractivity contribution < 1.29 is 19.5 Å². The molecule has 0 saturated heterocycles. The van der Waals surface area contributed by atoms with Crippen molar-refractivity contribution in [1.82, 2.24) is 10.6 Å². The van der Waals surface area contributed by atoms with Gasteiger partial charge in [0.2, 0.25) is 5.91 Å². The van der Waals surface area contributed by atoms with Crippen LogP contribution in [-0.2, 0) is 22.6 Å². The number of nitrogens with one attached hydrogen (secondary N) is 3. The van der Waals surface area contributed by atoms with Gasteiger partial charge in [-0.1, -0.05) is 68.4 Å². The van der Waals surface area contributed by atoms with Crippen LogP contribution >= 0.6 is 0 Å². The van der Waals surface area contributed by atoms with Gasteiger partial charge in [0.1, 0.15) is 12.1 Å². The van der Waals surface area contributed by atoms with E-state index in [4.69, 9.17) is 11.5 Å². The summed E-state index contributed by atoms with van der Waals surface area (Å²) in [6.45, 7) is 4.08. The molecular formula is C30H37N5O4. The van der Waals surface area contributed by atoms with Crippen molar-refractivity contribution >= 4 is 29.1 Å². The molecule has 0 saturated carbocycles. The molecule has 0 fully saturated rings. The molecule has 0 heterocycles. The predicted molar refractivity (Wildman–Crippen MR) is 153 cm³/mol. The van der Waals surface area contributed by atoms with Gasteiger partial charge in [-0.25, -0.2) is 0 Å². The lowest BCUT2D eigenvalue weighted by Crippen LogP contribution is -2.54. The number of amides is 3. The number of hydrogen-bond acceptors (Lipinski definition) is 6. The fraction of sp³-hybridized carbons (Fsp3) is 0.300. The lowest BCUT2D eigenvalue weighted by molar-refractivity contribution is -0.135. The molecule has 0 aromatic heterocycles. The molecule has 39 heavy (non-hydrogen) atoms. The van der Waals surface area contributed by atoms with E-state index in [-0.39, 0.29) is 24.3 Å². The van der Waals surface area contributed by atoms with Crippen LogP contribution in [0.3, 0.4) is 0 Å². The molecule has 0 aliphatic heterocycles. The Kier molecular flexibility index (Phi) is 10.6. The second-order valence-corrected chi connectivity index (χ2v) is 9.95. The fourth-order valence-corrected chi connectivity index (χ4v) is 4.04. The lowest BCUT2D eigenvalue weighted by atomic mass is 9.99. The number of aliphatic hydroxyl groups is 1. The van der Waals surface area contributed by atoms with Gasteiger partial charge in [0, 0.05) is 18.2 Å². The number of benzene rings is 3. The largest absolute Gasteiger partial charge is 0.397 e. The molecule has 0 aliphatic carbocycles. The maximum Gasteiger partial charge on any atom is 0.255 e. The molecule has 3 aromatic rings. The van der Waals surface area contributed by atoms with E-state index in [1.54, 1.807) is 48.5 Å². The third kappa shape index (κ3) is 8.94. The minimum Gasteiger partial charge on any atom is -0.397 e. The van der Waals surface area contributed by atoms with Crippen molar-refractivity contribution in [2.45, 2.75) is 51.4 Å². The molecule has 0 bridgehead atoms. The maximum absolute atomic E-state index is 13.0. The minimum absolute atomic E-state index is 0.118. The molecule has 206 valence electrons. The number of anilines is 2. The summed E-state index contributed by atoms with van der Waals surface area (Å²) >= 11 is 0. The van der Waals surface area contributed by atoms with Gasteiger partial charge in [0.05, 0.1) is 11.4 Å². The molecule has 8 N–H and O–H groups in total. The number of rotatable bonds is 12. The second-order valence-electron chi connectivity index (χ2n) is 9.95. The van der Waals surface area contributed by atoms with Crippen molar-refractivity contribution in [3.63, 3.8) is 0 Å². The molecule has 3 amide bonds. The van der Waals surface area contributed by atoms with Crippen LogP contribution < -0.4 is 27.4 Å². The molecule has 0 unspecified atom stereocenters. The first-order chi connectivity index (χ1) is 18.6. The number of carbonyl (C=O) groups excluding carboxylic acids is 3. The van der Waals surface area contributed by atoms with Crippen LogP contribution in [0.25, 0.3) is 0 Å². The monoisotopic (exact) mass is 531 g/mol. The number of nitrogens with two attached hydrogens (primary N) is 2. The molecule has 0 aliphatic rings. The molecule has 3 atom stereocenters. The van der Waals surface area contributed by atoms with E-state index >= 15 is 0 Å². The van der Waals surface area contributed by atoms with Crippen molar-refractivity contribution in [2.24, 2.45) is 11.7 Å². The highest BCUT2D eigenvalue weighted by Crippen LogP contribution is 2.18. The van der Waals surface area contributed by atoms with Gasteiger partial charge in [-0.3, -0.25) is 14.4 Å². The van der Waals surface area contributed by atoms with E-state index in [1.807, 2.05) is 44.2 Å². The zero-order chi connectivity index (χ0) is 28.4. The lowest BCUT2D eigenvalue weighted by Gasteiger charge is -2.24. The Morgan fingerprint density at radius 1 is 0.846 bits per heavy atom. The third-order valence-electron chi connectivity index (χ3n) is 6.22. The summed E-state index contributed by atoms with van der Waals surface area (Å²) in [5.41, 5.74) is 15.1. The van der Waals surface area contributed by atoms with Crippen LogP contribution in [0.5, 0.6) is 0 Å². The van der Waals surface area contributed by atoms with Gasteiger partial charge in [-0.2, -0.15) is 0 Å². The van der Waals surface area contributed by atoms with Gasteiger partial charge < -0.3 is 32.5 Å². The predicted octanol–water partition coefficient (Wildman–Crippen LogP) is 2.60. The van der Waals surface area contributed by atoms with Gasteiger partial charge >= 0.3 is 0 Å². The summed E-state index contributed by atoms with van der Waals surface area (Å²) < 4.78 is 0. The van der Waals surface area contributed by atoms with Crippen molar-refractivity contribution in [2.75, 3.05) is 11.1 Å². The second kappa shape index (κ2) is 14.1. The highest BCUT2D eigenvalue weighted by atomic mass is 16.3. The van der Waals surface area contributed by atoms with E-state index in [0.29, 0.717) is 29.8 Å². The summed E-state index contributed by atoms with van der Waals surface area (Å²) in [7, 11) is 0. The van der Waals surface area contributed by atoms with Crippen LogP contribution in [0.1, 0.15) is 41.8 Å². The molecule has 3 aromatic carbocycles. The SMILES string of the molecule is CC(C)C[C@H](NC(=O)[C@@H](O)[C@H](N)Cc1ccccc1)C(=O)NCc1ccc(C(=O)Nc2ccccc2N)cc1. The minimum atomic E-state index is -1.46. The molecular weight excluding hydrogens is 494 g/mol. The summed E-state index contributed by atoms with van der Waals surface area (Å²) in [6.07, 6.45) is -0.749. The average Bonchev–Trinajstić information content (AvgIpc) is 2.92. The van der Waals surface area contributed by atoms with Crippen LogP contribution in [0.2, 0.25) is 0 Å². The number of nitrogen functional groups attached to an aromatic ring is 1. The Morgan fingerprint density at radius 3 is 2.13 bits per heavy atom. The quantitative estimate of drug-likeness (QED) is 0.197. The fourth-order valence-electron chi connectivity index (χ4n) is 4.04. The first kappa shape index (κ1) is 29.3. The molecule has 9 nitrogen and oxygen atoms in total. The highest BCUT2D eigenvalue weighted by molar-refractivity contribution is 6.05. The Labute approximate surface area is 229 Å². The summed E-state index contributed by atoms with van der Waals surface area (Å²) in [4.78, 5) is 38.2. The van der Waals surface area contributed by atoms with E-state index in [2.05, 4.69) is 16.0 Å². The van der Waals surface area contributed by atoms with Crippen molar-refractivity contribution in [1.29, 1.82) is 0 Å². The van der Waals surface area contributed by atoms with E-state index < -0.39 is 24.1 Å². The first-order valence-electron chi connectivity index (χ1n) is 12.9. The smallest absolute Gasteiger partial charge is 0.255 e.